The summed E-state index contributed by atoms with van der Waals surface area (Å²) in [4.78, 5) is 24.9. The molecule has 0 saturated heterocycles. The van der Waals surface area contributed by atoms with Gasteiger partial charge in [0.25, 0.3) is 0 Å². The van der Waals surface area contributed by atoms with Crippen molar-refractivity contribution < 1.29 is 19.1 Å². The zero-order valence-electron chi connectivity index (χ0n) is 15.2. The van der Waals surface area contributed by atoms with Crippen LogP contribution in [0.1, 0.15) is 31.8 Å². The smallest absolute Gasteiger partial charge is 0.343 e. The van der Waals surface area contributed by atoms with Gasteiger partial charge in [-0.05, 0) is 66.7 Å². The van der Waals surface area contributed by atoms with Crippen molar-refractivity contribution in [2.45, 2.75) is 0 Å². The fourth-order valence-electron chi connectivity index (χ4n) is 2.46. The molecule has 0 atom stereocenters. The van der Waals surface area contributed by atoms with Crippen LogP contribution in [0, 0.1) is 24.7 Å². The van der Waals surface area contributed by atoms with Crippen molar-refractivity contribution in [1.29, 1.82) is 0 Å². The molecule has 0 aliphatic heterocycles. The Morgan fingerprint density at radius 1 is 0.690 bits per heavy atom. The van der Waals surface area contributed by atoms with Gasteiger partial charge in [0, 0.05) is 16.8 Å². The monoisotopic (exact) mass is 381 g/mol. The number of anilines is 1. The Labute approximate surface area is 168 Å². The second kappa shape index (κ2) is 8.47. The van der Waals surface area contributed by atoms with Crippen LogP contribution in [0.25, 0.3) is 0 Å². The highest BCUT2D eigenvalue weighted by atomic mass is 16.5. The van der Waals surface area contributed by atoms with Crippen LogP contribution in [0.2, 0.25) is 0 Å². The molecule has 0 aliphatic rings. The molecule has 0 aliphatic carbocycles. The highest BCUT2D eigenvalue weighted by molar-refractivity contribution is 5.98. The Morgan fingerprint density at radius 3 is 1.41 bits per heavy atom. The molecule has 3 rings (SSSR count). The Balaban J connectivity index is 1.77. The lowest BCUT2D eigenvalue weighted by atomic mass is 10.1. The fraction of sp³-hybridized carbons (Fsp3) is 0. The maximum Gasteiger partial charge on any atom is 0.343 e. The number of ether oxygens (including phenoxy) is 2. The van der Waals surface area contributed by atoms with Crippen molar-refractivity contribution in [3.05, 3.63) is 89.0 Å². The number of nitrogen functional groups attached to an aromatic ring is 1. The molecule has 0 fully saturated rings. The Bertz CT molecular complexity index is 1060. The largest absolute Gasteiger partial charge is 0.423 e. The van der Waals surface area contributed by atoms with Crippen LogP contribution >= 0.6 is 0 Å². The van der Waals surface area contributed by atoms with Crippen molar-refractivity contribution in [2.24, 2.45) is 0 Å². The molecule has 3 aromatic carbocycles. The van der Waals surface area contributed by atoms with Crippen molar-refractivity contribution in [3.8, 4) is 36.2 Å². The topological polar surface area (TPSA) is 78.6 Å². The van der Waals surface area contributed by atoms with Gasteiger partial charge in [0.15, 0.2) is 0 Å². The number of esters is 2. The van der Waals surface area contributed by atoms with Crippen molar-refractivity contribution in [1.82, 2.24) is 0 Å². The van der Waals surface area contributed by atoms with Crippen LogP contribution in [0.4, 0.5) is 5.69 Å². The van der Waals surface area contributed by atoms with Gasteiger partial charge in [0.05, 0.1) is 11.1 Å². The number of hydrogen-bond acceptors (Lipinski definition) is 5. The summed E-state index contributed by atoms with van der Waals surface area (Å²) in [6.07, 6.45) is 10.6. The Morgan fingerprint density at radius 2 is 1.07 bits per heavy atom. The number of benzene rings is 3. The van der Waals surface area contributed by atoms with E-state index in [9.17, 15) is 9.59 Å². The summed E-state index contributed by atoms with van der Waals surface area (Å²) in [5.74, 6) is 4.24. The van der Waals surface area contributed by atoms with Crippen LogP contribution in [0.15, 0.2) is 66.7 Å². The highest BCUT2D eigenvalue weighted by Gasteiger charge is 2.16. The van der Waals surface area contributed by atoms with Gasteiger partial charge in [-0.25, -0.2) is 9.59 Å². The van der Waals surface area contributed by atoms with Crippen molar-refractivity contribution >= 4 is 17.6 Å². The van der Waals surface area contributed by atoms with Gasteiger partial charge in [-0.2, -0.15) is 0 Å². The average molecular weight is 381 g/mol. The van der Waals surface area contributed by atoms with E-state index < -0.39 is 11.9 Å². The first-order valence-electron chi connectivity index (χ1n) is 8.47. The van der Waals surface area contributed by atoms with Gasteiger partial charge in [0.2, 0.25) is 0 Å². The SMILES string of the molecule is C#Cc1ccc(OC(=O)c2cc(N)cc(C(=O)Oc3ccc(C#C)cc3)c2)cc1. The van der Waals surface area contributed by atoms with Gasteiger partial charge in [-0.1, -0.05) is 11.8 Å². The number of nitrogens with two attached hydrogens (primary N) is 1. The normalized spacial score (nSPS) is 9.72. The summed E-state index contributed by atoms with van der Waals surface area (Å²) in [6, 6.07) is 17.1. The molecule has 0 spiro atoms. The maximum atomic E-state index is 12.4. The third kappa shape index (κ3) is 4.82. The first-order chi connectivity index (χ1) is 14.0. The number of carbonyl (C=O) groups is 2. The lowest BCUT2D eigenvalue weighted by Gasteiger charge is -2.09. The number of carbonyl (C=O) groups excluding carboxylic acids is 2. The summed E-state index contributed by atoms with van der Waals surface area (Å²) in [7, 11) is 0. The van der Waals surface area contributed by atoms with Crippen LogP contribution in [0.5, 0.6) is 11.5 Å². The lowest BCUT2D eigenvalue weighted by Crippen LogP contribution is -2.13. The molecule has 0 heterocycles. The zero-order valence-corrected chi connectivity index (χ0v) is 15.2. The molecule has 0 aromatic heterocycles. The standard InChI is InChI=1S/C24H15NO4/c1-3-16-5-9-21(10-6-16)28-23(26)18-13-19(15-20(25)14-18)24(27)29-22-11-7-17(4-2)8-12-22/h1-2,5-15H,25H2. The Kier molecular flexibility index (Phi) is 5.64. The van der Waals surface area contributed by atoms with Gasteiger partial charge in [-0.3, -0.25) is 0 Å². The molecule has 0 radical (unpaired) electrons. The van der Waals surface area contributed by atoms with Crippen LogP contribution < -0.4 is 15.2 Å². The first-order valence-corrected chi connectivity index (χ1v) is 8.47. The van der Waals surface area contributed by atoms with Crippen LogP contribution in [-0.4, -0.2) is 11.9 Å². The van der Waals surface area contributed by atoms with E-state index in [0.29, 0.717) is 22.6 Å². The molecule has 0 unspecified atom stereocenters. The van der Waals surface area contributed by atoms with E-state index in [0.717, 1.165) is 0 Å². The second-order valence-corrected chi connectivity index (χ2v) is 5.96. The van der Waals surface area contributed by atoms with Gasteiger partial charge in [-0.15, -0.1) is 12.8 Å². The van der Waals surface area contributed by atoms with E-state index in [2.05, 4.69) is 11.8 Å². The second-order valence-electron chi connectivity index (χ2n) is 5.96. The zero-order chi connectivity index (χ0) is 20.8. The van der Waals surface area contributed by atoms with Gasteiger partial charge >= 0.3 is 11.9 Å². The summed E-state index contributed by atoms with van der Waals surface area (Å²) in [5, 5.41) is 0. The number of terminal acetylenes is 2. The summed E-state index contributed by atoms with van der Waals surface area (Å²) in [5.41, 5.74) is 7.60. The molecule has 5 nitrogen and oxygen atoms in total. The van der Waals surface area contributed by atoms with Crippen LogP contribution in [-0.2, 0) is 0 Å². The maximum absolute atomic E-state index is 12.4. The van der Waals surface area contributed by atoms with Gasteiger partial charge < -0.3 is 15.2 Å². The van der Waals surface area contributed by atoms with Crippen molar-refractivity contribution in [3.63, 3.8) is 0 Å². The van der Waals surface area contributed by atoms with Gasteiger partial charge in [0.1, 0.15) is 11.5 Å². The number of rotatable bonds is 4. The third-order valence-electron chi connectivity index (χ3n) is 3.89. The summed E-state index contributed by atoms with van der Waals surface area (Å²) < 4.78 is 10.6. The van der Waals surface area contributed by atoms with E-state index in [4.69, 9.17) is 28.1 Å². The predicted octanol–water partition coefficient (Wildman–Crippen LogP) is 3.67. The fourth-order valence-corrected chi connectivity index (χ4v) is 2.46. The molecule has 140 valence electrons. The molecule has 2 N–H and O–H groups in total. The summed E-state index contributed by atoms with van der Waals surface area (Å²) >= 11 is 0. The average Bonchev–Trinajstić information content (AvgIpc) is 2.74. The third-order valence-corrected chi connectivity index (χ3v) is 3.89. The quantitative estimate of drug-likeness (QED) is 0.323. The minimum absolute atomic E-state index is 0.112. The first kappa shape index (κ1) is 19.3. The predicted molar refractivity (Wildman–Crippen MR) is 110 cm³/mol. The molecule has 0 saturated carbocycles. The van der Waals surface area contributed by atoms with E-state index in [1.54, 1.807) is 48.5 Å². The molecular weight excluding hydrogens is 366 g/mol. The lowest BCUT2D eigenvalue weighted by molar-refractivity contribution is 0.0734. The number of hydrogen-bond donors (Lipinski definition) is 1. The molecule has 29 heavy (non-hydrogen) atoms. The minimum Gasteiger partial charge on any atom is -0.423 e. The van der Waals surface area contributed by atoms with E-state index in [1.165, 1.54) is 18.2 Å². The summed E-state index contributed by atoms with van der Waals surface area (Å²) in [6.45, 7) is 0. The molecule has 5 heteroatoms. The molecule has 0 bridgehead atoms. The van der Waals surface area contributed by atoms with E-state index >= 15 is 0 Å². The molecule has 0 amide bonds. The Hall–Kier alpha value is -4.48. The molecular formula is C24H15NO4. The van der Waals surface area contributed by atoms with Crippen molar-refractivity contribution in [2.75, 3.05) is 5.73 Å². The van der Waals surface area contributed by atoms with Crippen LogP contribution in [0.3, 0.4) is 0 Å². The molecule has 3 aromatic rings. The van der Waals surface area contributed by atoms with E-state index in [-0.39, 0.29) is 16.8 Å². The minimum atomic E-state index is -0.668. The van der Waals surface area contributed by atoms with E-state index in [1.807, 2.05) is 0 Å². The highest BCUT2D eigenvalue weighted by Crippen LogP contribution is 2.19.